The van der Waals surface area contributed by atoms with Crippen molar-refractivity contribution in [2.24, 2.45) is 0 Å². The summed E-state index contributed by atoms with van der Waals surface area (Å²) in [6.45, 7) is 6.15. The van der Waals surface area contributed by atoms with Crippen molar-refractivity contribution in [2.45, 2.75) is 13.3 Å². The second-order valence-corrected chi connectivity index (χ2v) is 4.60. The summed E-state index contributed by atoms with van der Waals surface area (Å²) in [7, 11) is 0. The highest BCUT2D eigenvalue weighted by Gasteiger charge is 2.12. The minimum atomic E-state index is 0.829. The molecular weight excluding hydrogens is 230 g/mol. The number of hydrogen-bond donors (Lipinski definition) is 2. The molecule has 17 heavy (non-hydrogen) atoms. The summed E-state index contributed by atoms with van der Waals surface area (Å²) in [5, 5.41) is 7.44. The van der Waals surface area contributed by atoms with Crippen LogP contribution in [0.1, 0.15) is 12.5 Å². The van der Waals surface area contributed by atoms with Gasteiger partial charge in [-0.05, 0) is 36.3 Å². The molecule has 92 valence electrons. The highest BCUT2D eigenvalue weighted by Crippen LogP contribution is 2.11. The molecule has 0 saturated carbocycles. The van der Waals surface area contributed by atoms with E-state index in [1.165, 1.54) is 5.56 Å². The molecule has 1 heterocycles. The molecule has 1 fully saturated rings. The summed E-state index contributed by atoms with van der Waals surface area (Å²) in [5.74, 6) is 0. The topological polar surface area (TPSA) is 27.3 Å². The van der Waals surface area contributed by atoms with E-state index in [1.807, 2.05) is 0 Å². The van der Waals surface area contributed by atoms with Gasteiger partial charge in [0.1, 0.15) is 0 Å². The molecule has 0 radical (unpaired) electrons. The number of anilines is 1. The van der Waals surface area contributed by atoms with Crippen LogP contribution in [0.15, 0.2) is 24.3 Å². The zero-order valence-electron chi connectivity index (χ0n) is 10.2. The lowest BCUT2D eigenvalue weighted by molar-refractivity contribution is 0.362. The summed E-state index contributed by atoms with van der Waals surface area (Å²) >= 11 is 5.40. The zero-order valence-corrected chi connectivity index (χ0v) is 11.0. The van der Waals surface area contributed by atoms with Crippen LogP contribution in [0.2, 0.25) is 0 Å². The van der Waals surface area contributed by atoms with E-state index in [0.29, 0.717) is 0 Å². The minimum Gasteiger partial charge on any atom is -0.346 e. The second-order valence-electron chi connectivity index (χ2n) is 4.22. The van der Waals surface area contributed by atoms with E-state index in [-0.39, 0.29) is 0 Å². The average molecular weight is 249 g/mol. The van der Waals surface area contributed by atoms with Gasteiger partial charge in [-0.1, -0.05) is 19.1 Å². The van der Waals surface area contributed by atoms with Gasteiger partial charge in [0.25, 0.3) is 0 Å². The van der Waals surface area contributed by atoms with Crippen molar-refractivity contribution >= 4 is 23.0 Å². The van der Waals surface area contributed by atoms with Gasteiger partial charge in [0.05, 0.1) is 0 Å². The van der Waals surface area contributed by atoms with E-state index in [2.05, 4.69) is 46.7 Å². The Kier molecular flexibility index (Phi) is 4.34. The minimum absolute atomic E-state index is 0.829. The fourth-order valence-corrected chi connectivity index (χ4v) is 2.19. The molecule has 1 aliphatic heterocycles. The van der Waals surface area contributed by atoms with Gasteiger partial charge in [-0.2, -0.15) is 0 Å². The van der Waals surface area contributed by atoms with Crippen LogP contribution in [0.3, 0.4) is 0 Å². The van der Waals surface area contributed by atoms with Gasteiger partial charge in [-0.15, -0.1) is 0 Å². The summed E-state index contributed by atoms with van der Waals surface area (Å²) in [5.41, 5.74) is 2.43. The van der Waals surface area contributed by atoms with Crippen LogP contribution in [-0.4, -0.2) is 36.2 Å². The molecule has 1 saturated heterocycles. The van der Waals surface area contributed by atoms with E-state index in [0.717, 1.165) is 43.4 Å². The van der Waals surface area contributed by atoms with Gasteiger partial charge < -0.3 is 15.5 Å². The van der Waals surface area contributed by atoms with Crippen molar-refractivity contribution in [1.82, 2.24) is 10.2 Å². The Morgan fingerprint density at radius 1 is 1.29 bits per heavy atom. The quantitative estimate of drug-likeness (QED) is 0.782. The number of thiocarbonyl (C=S) groups is 1. The molecule has 0 bridgehead atoms. The molecule has 1 aromatic carbocycles. The zero-order chi connectivity index (χ0) is 12.1. The lowest BCUT2D eigenvalue weighted by Gasteiger charge is -2.29. The first-order chi connectivity index (χ1) is 8.29. The number of aryl methyl sites for hydroxylation is 1. The van der Waals surface area contributed by atoms with Crippen LogP contribution in [0, 0.1) is 0 Å². The molecule has 0 aliphatic carbocycles. The van der Waals surface area contributed by atoms with Crippen molar-refractivity contribution in [3.63, 3.8) is 0 Å². The molecule has 0 spiro atoms. The van der Waals surface area contributed by atoms with Crippen LogP contribution in [-0.2, 0) is 6.42 Å². The van der Waals surface area contributed by atoms with Crippen LogP contribution < -0.4 is 10.6 Å². The summed E-state index contributed by atoms with van der Waals surface area (Å²) in [6.07, 6.45) is 1.07. The molecule has 1 aromatic rings. The third kappa shape index (κ3) is 3.41. The second kappa shape index (κ2) is 5.98. The molecule has 2 rings (SSSR count). The van der Waals surface area contributed by atoms with Crippen LogP contribution >= 0.6 is 12.2 Å². The fourth-order valence-electron chi connectivity index (χ4n) is 1.89. The Morgan fingerprint density at radius 3 is 2.53 bits per heavy atom. The third-order valence-electron chi connectivity index (χ3n) is 3.02. The first kappa shape index (κ1) is 12.3. The van der Waals surface area contributed by atoms with E-state index in [9.17, 15) is 0 Å². The smallest absolute Gasteiger partial charge is 0.173 e. The van der Waals surface area contributed by atoms with Crippen molar-refractivity contribution in [3.05, 3.63) is 29.8 Å². The third-order valence-corrected chi connectivity index (χ3v) is 3.38. The number of nitrogens with zero attached hydrogens (tertiary/aromatic N) is 1. The SMILES string of the molecule is CCc1ccc(NC(=S)N2CCNCC2)cc1. The first-order valence-electron chi connectivity index (χ1n) is 6.15. The number of rotatable bonds is 2. The number of benzene rings is 1. The lowest BCUT2D eigenvalue weighted by Crippen LogP contribution is -2.47. The van der Waals surface area contributed by atoms with Gasteiger partial charge in [0.2, 0.25) is 0 Å². The molecule has 1 aliphatic rings. The molecule has 0 unspecified atom stereocenters. The average Bonchev–Trinajstić information content (AvgIpc) is 2.40. The predicted octanol–water partition coefficient (Wildman–Crippen LogP) is 1.85. The van der Waals surface area contributed by atoms with Gasteiger partial charge in [-0.3, -0.25) is 0 Å². The van der Waals surface area contributed by atoms with Gasteiger partial charge in [0, 0.05) is 31.9 Å². The van der Waals surface area contributed by atoms with Crippen molar-refractivity contribution in [3.8, 4) is 0 Å². The maximum absolute atomic E-state index is 5.40. The molecule has 2 N–H and O–H groups in total. The van der Waals surface area contributed by atoms with E-state index >= 15 is 0 Å². The van der Waals surface area contributed by atoms with E-state index in [4.69, 9.17) is 12.2 Å². The Bertz CT molecular complexity index is 369. The van der Waals surface area contributed by atoms with Gasteiger partial charge >= 0.3 is 0 Å². The number of nitrogens with one attached hydrogen (secondary N) is 2. The molecular formula is C13H19N3S. The summed E-state index contributed by atoms with van der Waals surface area (Å²) in [6, 6.07) is 8.46. The molecule has 4 heteroatoms. The molecule has 0 amide bonds. The van der Waals surface area contributed by atoms with Crippen molar-refractivity contribution in [1.29, 1.82) is 0 Å². The first-order valence-corrected chi connectivity index (χ1v) is 6.56. The standard InChI is InChI=1S/C13H19N3S/c1-2-11-3-5-12(6-4-11)15-13(17)16-9-7-14-8-10-16/h3-6,14H,2,7-10H2,1H3,(H,15,17). The summed E-state index contributed by atoms with van der Waals surface area (Å²) in [4.78, 5) is 2.21. The summed E-state index contributed by atoms with van der Waals surface area (Å²) < 4.78 is 0. The number of piperazine rings is 1. The Balaban J connectivity index is 1.92. The Morgan fingerprint density at radius 2 is 1.94 bits per heavy atom. The maximum atomic E-state index is 5.40. The van der Waals surface area contributed by atoms with Crippen LogP contribution in [0.4, 0.5) is 5.69 Å². The predicted molar refractivity (Wildman–Crippen MR) is 76.5 cm³/mol. The van der Waals surface area contributed by atoms with Crippen LogP contribution in [0.25, 0.3) is 0 Å². The largest absolute Gasteiger partial charge is 0.346 e. The number of hydrogen-bond acceptors (Lipinski definition) is 2. The van der Waals surface area contributed by atoms with Gasteiger partial charge in [-0.25, -0.2) is 0 Å². The molecule has 0 aromatic heterocycles. The lowest BCUT2D eigenvalue weighted by atomic mass is 10.1. The van der Waals surface area contributed by atoms with E-state index in [1.54, 1.807) is 0 Å². The van der Waals surface area contributed by atoms with Crippen molar-refractivity contribution in [2.75, 3.05) is 31.5 Å². The van der Waals surface area contributed by atoms with E-state index < -0.39 is 0 Å². The highest BCUT2D eigenvalue weighted by molar-refractivity contribution is 7.80. The normalized spacial score (nSPS) is 15.7. The Labute approximate surface area is 108 Å². The Hall–Kier alpha value is -1.13. The highest BCUT2D eigenvalue weighted by atomic mass is 32.1. The van der Waals surface area contributed by atoms with Crippen LogP contribution in [0.5, 0.6) is 0 Å². The molecule has 0 atom stereocenters. The van der Waals surface area contributed by atoms with Crippen molar-refractivity contribution < 1.29 is 0 Å². The van der Waals surface area contributed by atoms with Gasteiger partial charge in [0.15, 0.2) is 5.11 Å². The maximum Gasteiger partial charge on any atom is 0.173 e. The monoisotopic (exact) mass is 249 g/mol. The fraction of sp³-hybridized carbons (Fsp3) is 0.462. The molecule has 3 nitrogen and oxygen atoms in total.